The third-order valence-corrected chi connectivity index (χ3v) is 4.50. The fourth-order valence-corrected chi connectivity index (χ4v) is 3.16. The molecular formula is C20H17N5O2. The summed E-state index contributed by atoms with van der Waals surface area (Å²) in [4.78, 5) is 11.9. The van der Waals surface area contributed by atoms with Gasteiger partial charge >= 0.3 is 0 Å². The van der Waals surface area contributed by atoms with E-state index >= 15 is 0 Å². The minimum atomic E-state index is 0.231. The van der Waals surface area contributed by atoms with Gasteiger partial charge in [-0.25, -0.2) is 4.98 Å². The van der Waals surface area contributed by atoms with Gasteiger partial charge in [0.1, 0.15) is 5.82 Å². The Morgan fingerprint density at radius 2 is 1.93 bits per heavy atom. The van der Waals surface area contributed by atoms with Gasteiger partial charge in [-0.2, -0.15) is 4.98 Å². The molecule has 2 aromatic heterocycles. The van der Waals surface area contributed by atoms with E-state index in [2.05, 4.69) is 26.3 Å². The van der Waals surface area contributed by atoms with E-state index in [9.17, 15) is 0 Å². The van der Waals surface area contributed by atoms with Crippen LogP contribution >= 0.6 is 0 Å². The van der Waals surface area contributed by atoms with Crippen LogP contribution in [0, 0.1) is 0 Å². The summed E-state index contributed by atoms with van der Waals surface area (Å²) in [6.45, 7) is 0.854. The van der Waals surface area contributed by atoms with Crippen molar-refractivity contribution in [1.29, 1.82) is 0 Å². The number of anilines is 2. The van der Waals surface area contributed by atoms with Crippen LogP contribution in [-0.2, 0) is 6.54 Å². The highest BCUT2D eigenvalue weighted by Gasteiger charge is 2.13. The van der Waals surface area contributed by atoms with E-state index in [1.54, 1.807) is 0 Å². The van der Waals surface area contributed by atoms with Crippen molar-refractivity contribution in [2.24, 2.45) is 0 Å². The third kappa shape index (κ3) is 2.99. The van der Waals surface area contributed by atoms with Crippen molar-refractivity contribution in [3.8, 4) is 22.8 Å². The Labute approximate surface area is 155 Å². The van der Waals surface area contributed by atoms with Crippen molar-refractivity contribution in [2.75, 3.05) is 17.8 Å². The molecule has 1 aliphatic rings. The SMILES string of the molecule is Nc1nc(NCc2ccc3c(c2)OCO3)cc(-c2ccc3[nH]ccc3c2)n1. The van der Waals surface area contributed by atoms with E-state index in [1.807, 2.05) is 48.7 Å². The maximum Gasteiger partial charge on any atom is 0.231 e. The van der Waals surface area contributed by atoms with Gasteiger partial charge < -0.3 is 25.5 Å². The first-order chi connectivity index (χ1) is 13.2. The normalized spacial score (nSPS) is 12.4. The van der Waals surface area contributed by atoms with Crippen molar-refractivity contribution in [2.45, 2.75) is 6.54 Å². The molecule has 5 rings (SSSR count). The lowest BCUT2D eigenvalue weighted by Gasteiger charge is -2.09. The number of nitrogen functional groups attached to an aromatic ring is 1. The first-order valence-corrected chi connectivity index (χ1v) is 8.59. The number of H-pyrrole nitrogens is 1. The Kier molecular flexibility index (Phi) is 3.57. The van der Waals surface area contributed by atoms with Crippen LogP contribution in [0.25, 0.3) is 22.2 Å². The predicted molar refractivity (Wildman–Crippen MR) is 104 cm³/mol. The molecule has 27 heavy (non-hydrogen) atoms. The average molecular weight is 359 g/mol. The zero-order valence-corrected chi connectivity index (χ0v) is 14.4. The quantitative estimate of drug-likeness (QED) is 0.515. The monoisotopic (exact) mass is 359 g/mol. The van der Waals surface area contributed by atoms with Gasteiger partial charge in [-0.15, -0.1) is 0 Å². The van der Waals surface area contributed by atoms with Gasteiger partial charge in [0, 0.05) is 35.3 Å². The van der Waals surface area contributed by atoms with E-state index in [1.165, 1.54) is 0 Å². The summed E-state index contributed by atoms with van der Waals surface area (Å²) in [5.74, 6) is 2.43. The van der Waals surface area contributed by atoms with E-state index in [0.29, 0.717) is 12.4 Å². The molecule has 0 atom stereocenters. The number of aromatic amines is 1. The second-order valence-corrected chi connectivity index (χ2v) is 6.32. The number of nitrogens with two attached hydrogens (primary N) is 1. The zero-order valence-electron chi connectivity index (χ0n) is 14.4. The standard InChI is InChI=1S/C20H17N5O2/c21-20-24-16(13-2-3-15-14(8-13)5-6-22-15)9-19(25-20)23-10-12-1-4-17-18(7-12)27-11-26-17/h1-9,22H,10-11H2,(H3,21,23,24,25). The molecule has 7 nitrogen and oxygen atoms in total. The number of fused-ring (bicyclic) bond motifs is 2. The number of nitrogens with one attached hydrogen (secondary N) is 2. The van der Waals surface area contributed by atoms with Crippen LogP contribution in [0.15, 0.2) is 54.7 Å². The molecule has 0 saturated carbocycles. The van der Waals surface area contributed by atoms with Crippen molar-refractivity contribution in [3.63, 3.8) is 0 Å². The zero-order chi connectivity index (χ0) is 18.2. The van der Waals surface area contributed by atoms with Gasteiger partial charge in [-0.1, -0.05) is 12.1 Å². The maximum atomic E-state index is 5.93. The van der Waals surface area contributed by atoms with E-state index in [-0.39, 0.29) is 12.7 Å². The highest BCUT2D eigenvalue weighted by Crippen LogP contribution is 2.32. The Hall–Kier alpha value is -3.74. The van der Waals surface area contributed by atoms with Gasteiger partial charge in [-0.3, -0.25) is 0 Å². The van der Waals surface area contributed by atoms with Crippen molar-refractivity contribution < 1.29 is 9.47 Å². The average Bonchev–Trinajstić information content (AvgIpc) is 3.33. The maximum absolute atomic E-state index is 5.93. The lowest BCUT2D eigenvalue weighted by molar-refractivity contribution is 0.174. The molecule has 0 saturated heterocycles. The van der Waals surface area contributed by atoms with Crippen LogP contribution in [0.1, 0.15) is 5.56 Å². The highest BCUT2D eigenvalue weighted by molar-refractivity contribution is 5.84. The molecule has 134 valence electrons. The minimum absolute atomic E-state index is 0.231. The van der Waals surface area contributed by atoms with E-state index in [4.69, 9.17) is 15.2 Å². The second kappa shape index (κ2) is 6.21. The highest BCUT2D eigenvalue weighted by atomic mass is 16.7. The van der Waals surface area contributed by atoms with Crippen molar-refractivity contribution >= 4 is 22.7 Å². The first kappa shape index (κ1) is 15.5. The molecule has 2 aromatic carbocycles. The Balaban J connectivity index is 1.40. The lowest BCUT2D eigenvalue weighted by atomic mass is 10.1. The Bertz CT molecular complexity index is 1140. The Morgan fingerprint density at radius 3 is 2.89 bits per heavy atom. The van der Waals surface area contributed by atoms with Gasteiger partial charge in [0.05, 0.1) is 5.69 Å². The van der Waals surface area contributed by atoms with E-state index in [0.717, 1.165) is 39.2 Å². The molecule has 0 radical (unpaired) electrons. The number of ether oxygens (including phenoxy) is 2. The van der Waals surface area contributed by atoms with Crippen LogP contribution in [0.2, 0.25) is 0 Å². The first-order valence-electron chi connectivity index (χ1n) is 8.59. The molecular weight excluding hydrogens is 342 g/mol. The largest absolute Gasteiger partial charge is 0.454 e. The molecule has 4 aromatic rings. The summed E-state index contributed by atoms with van der Waals surface area (Å²) in [5.41, 5.74) is 9.84. The minimum Gasteiger partial charge on any atom is -0.454 e. The summed E-state index contributed by atoms with van der Waals surface area (Å²) in [6.07, 6.45) is 1.92. The topological polar surface area (TPSA) is 98.1 Å². The molecule has 0 aliphatic carbocycles. The molecule has 0 amide bonds. The van der Waals surface area contributed by atoms with Crippen LogP contribution in [0.5, 0.6) is 11.5 Å². The number of hydrogen-bond acceptors (Lipinski definition) is 6. The van der Waals surface area contributed by atoms with Gasteiger partial charge in [0.15, 0.2) is 11.5 Å². The number of nitrogens with zero attached hydrogens (tertiary/aromatic N) is 2. The van der Waals surface area contributed by atoms with Gasteiger partial charge in [0.25, 0.3) is 0 Å². The molecule has 0 fully saturated rings. The summed E-state index contributed by atoms with van der Waals surface area (Å²) in [7, 11) is 0. The summed E-state index contributed by atoms with van der Waals surface area (Å²) >= 11 is 0. The smallest absolute Gasteiger partial charge is 0.231 e. The van der Waals surface area contributed by atoms with Crippen LogP contribution in [0.3, 0.4) is 0 Å². The van der Waals surface area contributed by atoms with E-state index < -0.39 is 0 Å². The predicted octanol–water partition coefficient (Wildman–Crippen LogP) is 3.55. The second-order valence-electron chi connectivity index (χ2n) is 6.32. The number of rotatable bonds is 4. The Morgan fingerprint density at radius 1 is 1.00 bits per heavy atom. The molecule has 4 N–H and O–H groups in total. The molecule has 3 heterocycles. The lowest BCUT2D eigenvalue weighted by Crippen LogP contribution is -2.05. The van der Waals surface area contributed by atoms with Crippen molar-refractivity contribution in [1.82, 2.24) is 15.0 Å². The third-order valence-electron chi connectivity index (χ3n) is 4.50. The summed E-state index contributed by atoms with van der Waals surface area (Å²) in [5, 5.41) is 4.43. The van der Waals surface area contributed by atoms with Gasteiger partial charge in [0.2, 0.25) is 12.7 Å². The number of benzene rings is 2. The summed E-state index contributed by atoms with van der Waals surface area (Å²) < 4.78 is 10.8. The van der Waals surface area contributed by atoms with Gasteiger partial charge in [-0.05, 0) is 35.9 Å². The molecule has 0 spiro atoms. The molecule has 7 heteroatoms. The molecule has 1 aliphatic heterocycles. The fraction of sp³-hybridized carbons (Fsp3) is 0.100. The fourth-order valence-electron chi connectivity index (χ4n) is 3.16. The molecule has 0 unspecified atom stereocenters. The number of aromatic nitrogens is 3. The van der Waals surface area contributed by atoms with Crippen LogP contribution < -0.4 is 20.5 Å². The summed E-state index contributed by atoms with van der Waals surface area (Å²) in [6, 6.07) is 15.9. The van der Waals surface area contributed by atoms with Crippen LogP contribution in [-0.4, -0.2) is 21.7 Å². The molecule has 0 bridgehead atoms. The van der Waals surface area contributed by atoms with Crippen molar-refractivity contribution in [3.05, 3.63) is 60.3 Å². The van der Waals surface area contributed by atoms with Crippen LogP contribution in [0.4, 0.5) is 11.8 Å². The number of hydrogen-bond donors (Lipinski definition) is 3.